The van der Waals surface area contributed by atoms with E-state index in [4.69, 9.17) is 0 Å². The standard InChI is InChI=1S/C15H21F2N/c1-10-7-8-13(15(17)14(10)16)11-5-3-4-6-12(9-11)18-2/h7-8,11-12,18H,3-6,9H2,1-2H3. The molecule has 1 saturated carbocycles. The van der Waals surface area contributed by atoms with Crippen molar-refractivity contribution in [2.24, 2.45) is 0 Å². The van der Waals surface area contributed by atoms with Crippen LogP contribution in [0.3, 0.4) is 0 Å². The van der Waals surface area contributed by atoms with Crippen LogP contribution in [-0.4, -0.2) is 13.1 Å². The molecule has 0 bridgehead atoms. The molecule has 0 radical (unpaired) electrons. The maximum atomic E-state index is 14.0. The second-order valence-corrected chi connectivity index (χ2v) is 5.30. The summed E-state index contributed by atoms with van der Waals surface area (Å²) in [7, 11) is 1.94. The molecule has 2 rings (SSSR count). The molecule has 3 heteroatoms. The normalized spacial score (nSPS) is 24.9. The van der Waals surface area contributed by atoms with E-state index in [-0.39, 0.29) is 5.92 Å². The fourth-order valence-corrected chi connectivity index (χ4v) is 2.88. The molecular formula is C15H21F2N. The molecule has 1 aromatic rings. The Balaban J connectivity index is 2.27. The van der Waals surface area contributed by atoms with E-state index in [2.05, 4.69) is 5.32 Å². The maximum Gasteiger partial charge on any atom is 0.162 e. The lowest BCUT2D eigenvalue weighted by Gasteiger charge is -2.21. The lowest BCUT2D eigenvalue weighted by Crippen LogP contribution is -2.26. The second-order valence-electron chi connectivity index (χ2n) is 5.30. The maximum absolute atomic E-state index is 14.0. The van der Waals surface area contributed by atoms with Crippen molar-refractivity contribution in [3.8, 4) is 0 Å². The minimum atomic E-state index is -0.683. The Kier molecular flexibility index (Phi) is 4.33. The van der Waals surface area contributed by atoms with Crippen molar-refractivity contribution in [2.75, 3.05) is 7.05 Å². The summed E-state index contributed by atoms with van der Waals surface area (Å²) < 4.78 is 27.7. The zero-order chi connectivity index (χ0) is 13.1. The first-order chi connectivity index (χ1) is 8.63. The Morgan fingerprint density at radius 1 is 1.11 bits per heavy atom. The van der Waals surface area contributed by atoms with Gasteiger partial charge in [-0.15, -0.1) is 0 Å². The van der Waals surface area contributed by atoms with Gasteiger partial charge in [0.25, 0.3) is 0 Å². The molecule has 1 aromatic carbocycles. The molecule has 0 heterocycles. The summed E-state index contributed by atoms with van der Waals surface area (Å²) in [6.45, 7) is 1.60. The smallest absolute Gasteiger partial charge is 0.162 e. The average molecular weight is 253 g/mol. The number of hydrogen-bond acceptors (Lipinski definition) is 1. The van der Waals surface area contributed by atoms with E-state index in [0.29, 0.717) is 17.2 Å². The molecule has 0 spiro atoms. The van der Waals surface area contributed by atoms with Crippen LogP contribution in [0.25, 0.3) is 0 Å². The van der Waals surface area contributed by atoms with Crippen LogP contribution >= 0.6 is 0 Å². The number of halogens is 2. The molecular weight excluding hydrogens is 232 g/mol. The lowest BCUT2D eigenvalue weighted by molar-refractivity contribution is 0.442. The summed E-state index contributed by atoms with van der Waals surface area (Å²) in [5.41, 5.74) is 0.940. The molecule has 2 atom stereocenters. The van der Waals surface area contributed by atoms with Crippen molar-refractivity contribution < 1.29 is 8.78 Å². The zero-order valence-electron chi connectivity index (χ0n) is 11.1. The third-order valence-corrected chi connectivity index (χ3v) is 4.08. The Morgan fingerprint density at radius 3 is 2.56 bits per heavy atom. The number of benzene rings is 1. The van der Waals surface area contributed by atoms with Gasteiger partial charge < -0.3 is 5.32 Å². The van der Waals surface area contributed by atoms with Crippen molar-refractivity contribution in [1.29, 1.82) is 0 Å². The largest absolute Gasteiger partial charge is 0.317 e. The highest BCUT2D eigenvalue weighted by molar-refractivity contribution is 5.28. The highest BCUT2D eigenvalue weighted by Crippen LogP contribution is 2.34. The van der Waals surface area contributed by atoms with Gasteiger partial charge in [-0.1, -0.05) is 25.0 Å². The summed E-state index contributed by atoms with van der Waals surface area (Å²) in [6, 6.07) is 3.87. The number of hydrogen-bond donors (Lipinski definition) is 1. The van der Waals surface area contributed by atoms with Crippen LogP contribution in [0.1, 0.15) is 49.1 Å². The van der Waals surface area contributed by atoms with Gasteiger partial charge in [-0.25, -0.2) is 8.78 Å². The van der Waals surface area contributed by atoms with Gasteiger partial charge in [-0.05, 0) is 50.3 Å². The molecule has 0 saturated heterocycles. The van der Waals surface area contributed by atoms with E-state index in [9.17, 15) is 8.78 Å². The van der Waals surface area contributed by atoms with E-state index in [1.54, 1.807) is 19.1 Å². The van der Waals surface area contributed by atoms with E-state index >= 15 is 0 Å². The first-order valence-corrected chi connectivity index (χ1v) is 6.75. The van der Waals surface area contributed by atoms with Crippen LogP contribution < -0.4 is 5.32 Å². The fourth-order valence-electron chi connectivity index (χ4n) is 2.88. The van der Waals surface area contributed by atoms with Crippen LogP contribution in [-0.2, 0) is 0 Å². The summed E-state index contributed by atoms with van der Waals surface area (Å²) in [5, 5.41) is 3.27. The molecule has 1 nitrogen and oxygen atoms in total. The fraction of sp³-hybridized carbons (Fsp3) is 0.600. The van der Waals surface area contributed by atoms with Gasteiger partial charge in [0, 0.05) is 6.04 Å². The molecule has 1 aliphatic carbocycles. The number of nitrogens with one attached hydrogen (secondary N) is 1. The SMILES string of the molecule is CNC1CCCCC(c2ccc(C)c(F)c2F)C1. The van der Waals surface area contributed by atoms with Crippen LogP contribution in [0, 0.1) is 18.6 Å². The second kappa shape index (κ2) is 5.79. The highest BCUT2D eigenvalue weighted by Gasteiger charge is 2.24. The van der Waals surface area contributed by atoms with E-state index in [1.165, 1.54) is 0 Å². The van der Waals surface area contributed by atoms with Crippen LogP contribution in [0.5, 0.6) is 0 Å². The molecule has 0 aliphatic heterocycles. The van der Waals surface area contributed by atoms with Gasteiger partial charge in [-0.2, -0.15) is 0 Å². The van der Waals surface area contributed by atoms with Crippen LogP contribution in [0.2, 0.25) is 0 Å². The van der Waals surface area contributed by atoms with Crippen molar-refractivity contribution in [2.45, 2.75) is 51.0 Å². The van der Waals surface area contributed by atoms with Crippen molar-refractivity contribution in [3.63, 3.8) is 0 Å². The quantitative estimate of drug-likeness (QED) is 0.788. The minimum absolute atomic E-state index is 0.139. The van der Waals surface area contributed by atoms with Crippen molar-refractivity contribution >= 4 is 0 Å². The third kappa shape index (κ3) is 2.72. The first kappa shape index (κ1) is 13.5. The molecule has 0 aromatic heterocycles. The number of rotatable bonds is 2. The Labute approximate surface area is 108 Å². The van der Waals surface area contributed by atoms with Gasteiger partial charge in [0.2, 0.25) is 0 Å². The average Bonchev–Trinajstić information content (AvgIpc) is 2.61. The topological polar surface area (TPSA) is 12.0 Å². The van der Waals surface area contributed by atoms with Gasteiger partial charge >= 0.3 is 0 Å². The monoisotopic (exact) mass is 253 g/mol. The molecule has 1 aliphatic rings. The van der Waals surface area contributed by atoms with E-state index in [0.717, 1.165) is 32.1 Å². The minimum Gasteiger partial charge on any atom is -0.317 e. The van der Waals surface area contributed by atoms with Gasteiger partial charge in [0.1, 0.15) is 0 Å². The third-order valence-electron chi connectivity index (χ3n) is 4.08. The van der Waals surface area contributed by atoms with E-state index < -0.39 is 11.6 Å². The predicted molar refractivity (Wildman–Crippen MR) is 69.8 cm³/mol. The lowest BCUT2D eigenvalue weighted by atomic mass is 9.89. The first-order valence-electron chi connectivity index (χ1n) is 6.75. The Morgan fingerprint density at radius 2 is 1.83 bits per heavy atom. The summed E-state index contributed by atoms with van der Waals surface area (Å²) in [6.07, 6.45) is 5.24. The summed E-state index contributed by atoms with van der Waals surface area (Å²) in [5.74, 6) is -1.19. The van der Waals surface area contributed by atoms with Gasteiger partial charge in [-0.3, -0.25) is 0 Å². The molecule has 2 unspecified atom stereocenters. The molecule has 18 heavy (non-hydrogen) atoms. The molecule has 0 amide bonds. The Hall–Kier alpha value is -0.960. The summed E-state index contributed by atoms with van der Waals surface area (Å²) in [4.78, 5) is 0. The zero-order valence-corrected chi connectivity index (χ0v) is 11.1. The summed E-state index contributed by atoms with van der Waals surface area (Å²) >= 11 is 0. The van der Waals surface area contributed by atoms with Gasteiger partial charge in [0.15, 0.2) is 11.6 Å². The van der Waals surface area contributed by atoms with Crippen molar-refractivity contribution in [1.82, 2.24) is 5.32 Å². The molecule has 1 fully saturated rings. The predicted octanol–water partition coefficient (Wildman–Crippen LogP) is 3.91. The number of aryl methyl sites for hydroxylation is 1. The van der Waals surface area contributed by atoms with Crippen LogP contribution in [0.15, 0.2) is 12.1 Å². The van der Waals surface area contributed by atoms with Crippen molar-refractivity contribution in [3.05, 3.63) is 34.9 Å². The van der Waals surface area contributed by atoms with Gasteiger partial charge in [0.05, 0.1) is 0 Å². The highest BCUT2D eigenvalue weighted by atomic mass is 19.2. The molecule has 1 N–H and O–H groups in total. The molecule has 100 valence electrons. The Bertz CT molecular complexity index is 417. The van der Waals surface area contributed by atoms with E-state index in [1.807, 2.05) is 7.05 Å². The van der Waals surface area contributed by atoms with Crippen LogP contribution in [0.4, 0.5) is 8.78 Å².